The number of hydrazone groups is 1. The number of esters is 1. The molecule has 3 aromatic rings. The molecule has 0 bridgehead atoms. The molecule has 3 aromatic carbocycles. The maximum absolute atomic E-state index is 12.3. The van der Waals surface area contributed by atoms with E-state index in [1.54, 1.807) is 0 Å². The van der Waals surface area contributed by atoms with Crippen molar-refractivity contribution < 1.29 is 29.1 Å². The molecular formula is C23H15N5O9. The van der Waals surface area contributed by atoms with E-state index in [0.29, 0.717) is 5.56 Å². The summed E-state index contributed by atoms with van der Waals surface area (Å²) < 4.78 is 5.15. The topological polar surface area (TPSA) is 197 Å². The quantitative estimate of drug-likeness (QED) is 0.112. The molecule has 3 rings (SSSR count). The number of ether oxygens (including phenoxy) is 1. The Morgan fingerprint density at radius 1 is 0.838 bits per heavy atom. The van der Waals surface area contributed by atoms with Gasteiger partial charge in [-0.2, -0.15) is 5.10 Å². The fourth-order valence-electron chi connectivity index (χ4n) is 2.90. The van der Waals surface area contributed by atoms with Gasteiger partial charge >= 0.3 is 11.7 Å². The highest BCUT2D eigenvalue weighted by molar-refractivity contribution is 5.96. The molecule has 0 spiro atoms. The molecule has 0 aromatic heterocycles. The number of nitro groups is 3. The van der Waals surface area contributed by atoms with Crippen LogP contribution in [0.4, 0.5) is 17.1 Å². The second kappa shape index (κ2) is 11.6. The van der Waals surface area contributed by atoms with Crippen LogP contribution in [0.5, 0.6) is 5.75 Å². The summed E-state index contributed by atoms with van der Waals surface area (Å²) in [7, 11) is 0. The lowest BCUT2D eigenvalue weighted by molar-refractivity contribution is -0.385. The van der Waals surface area contributed by atoms with E-state index in [0.717, 1.165) is 30.5 Å². The minimum absolute atomic E-state index is 0.0182. The van der Waals surface area contributed by atoms with E-state index in [2.05, 4.69) is 10.5 Å². The number of carbonyl (C=O) groups excluding carboxylic acids is 2. The van der Waals surface area contributed by atoms with E-state index in [9.17, 15) is 39.9 Å². The molecule has 37 heavy (non-hydrogen) atoms. The van der Waals surface area contributed by atoms with Crippen molar-refractivity contribution in [1.82, 2.24) is 5.43 Å². The van der Waals surface area contributed by atoms with Gasteiger partial charge in [-0.15, -0.1) is 0 Å². The molecular weight excluding hydrogens is 490 g/mol. The number of nitrogens with zero attached hydrogens (tertiary/aromatic N) is 4. The van der Waals surface area contributed by atoms with Gasteiger partial charge < -0.3 is 4.74 Å². The summed E-state index contributed by atoms with van der Waals surface area (Å²) in [5.41, 5.74) is 1.59. The molecule has 0 saturated carbocycles. The SMILES string of the molecule is O=C(/C=C/c1cccc([N+](=O)[O-])c1)Oc1c(/C=N/NC(=O)c2ccc([N+](=O)[O-])cc2)cccc1[N+](=O)[O-]. The number of rotatable bonds is 9. The first-order chi connectivity index (χ1) is 17.7. The van der Waals surface area contributed by atoms with E-state index >= 15 is 0 Å². The zero-order chi connectivity index (χ0) is 26.9. The van der Waals surface area contributed by atoms with Gasteiger partial charge in [0.25, 0.3) is 17.3 Å². The van der Waals surface area contributed by atoms with Crippen molar-refractivity contribution in [2.45, 2.75) is 0 Å². The monoisotopic (exact) mass is 505 g/mol. The van der Waals surface area contributed by atoms with Crippen LogP contribution < -0.4 is 10.2 Å². The first-order valence-corrected chi connectivity index (χ1v) is 10.2. The minimum Gasteiger partial charge on any atom is -0.415 e. The lowest BCUT2D eigenvalue weighted by Gasteiger charge is -2.06. The number of para-hydroxylation sites is 1. The van der Waals surface area contributed by atoms with Gasteiger partial charge in [-0.05, 0) is 29.8 Å². The molecule has 14 nitrogen and oxygen atoms in total. The van der Waals surface area contributed by atoms with Crippen LogP contribution >= 0.6 is 0 Å². The third-order valence-corrected chi connectivity index (χ3v) is 4.63. The van der Waals surface area contributed by atoms with Crippen molar-refractivity contribution in [3.8, 4) is 5.75 Å². The fraction of sp³-hybridized carbons (Fsp3) is 0. The lowest BCUT2D eigenvalue weighted by Crippen LogP contribution is -2.17. The highest BCUT2D eigenvalue weighted by atomic mass is 16.6. The molecule has 0 unspecified atom stereocenters. The van der Waals surface area contributed by atoms with Gasteiger partial charge in [0.15, 0.2) is 0 Å². The molecule has 0 aliphatic heterocycles. The Morgan fingerprint density at radius 2 is 1.51 bits per heavy atom. The number of non-ortho nitro benzene ring substituents is 2. The average Bonchev–Trinajstić information content (AvgIpc) is 2.88. The molecule has 14 heteroatoms. The highest BCUT2D eigenvalue weighted by Gasteiger charge is 2.21. The summed E-state index contributed by atoms with van der Waals surface area (Å²) in [6.45, 7) is 0. The molecule has 186 valence electrons. The van der Waals surface area contributed by atoms with Crippen molar-refractivity contribution in [1.29, 1.82) is 0 Å². The van der Waals surface area contributed by atoms with Crippen molar-refractivity contribution >= 4 is 41.2 Å². The Labute approximate surface area is 206 Å². The van der Waals surface area contributed by atoms with E-state index in [-0.39, 0.29) is 22.5 Å². The molecule has 0 heterocycles. The second-order valence-electron chi connectivity index (χ2n) is 7.06. The van der Waals surface area contributed by atoms with Crippen molar-refractivity contribution in [2.75, 3.05) is 0 Å². The summed E-state index contributed by atoms with van der Waals surface area (Å²) in [6, 6.07) is 13.9. The van der Waals surface area contributed by atoms with Crippen LogP contribution in [-0.2, 0) is 4.79 Å². The van der Waals surface area contributed by atoms with Gasteiger partial charge in [0.1, 0.15) is 0 Å². The molecule has 1 amide bonds. The Morgan fingerprint density at radius 3 is 2.16 bits per heavy atom. The number of nitrogens with one attached hydrogen (secondary N) is 1. The Balaban J connectivity index is 1.77. The van der Waals surface area contributed by atoms with Crippen molar-refractivity contribution in [2.24, 2.45) is 5.10 Å². The van der Waals surface area contributed by atoms with E-state index < -0.39 is 38.1 Å². The number of carbonyl (C=O) groups is 2. The summed E-state index contributed by atoms with van der Waals surface area (Å²) in [6.07, 6.45) is 3.19. The largest absolute Gasteiger partial charge is 0.415 e. The van der Waals surface area contributed by atoms with Crippen LogP contribution in [0.15, 0.2) is 77.9 Å². The highest BCUT2D eigenvalue weighted by Crippen LogP contribution is 2.30. The fourth-order valence-corrected chi connectivity index (χ4v) is 2.90. The van der Waals surface area contributed by atoms with Gasteiger partial charge in [0.2, 0.25) is 5.75 Å². The molecule has 0 saturated heterocycles. The van der Waals surface area contributed by atoms with Crippen LogP contribution in [0, 0.1) is 30.3 Å². The molecule has 0 aliphatic carbocycles. The molecule has 0 radical (unpaired) electrons. The zero-order valence-electron chi connectivity index (χ0n) is 18.5. The standard InChI is InChI=1S/C23H15N5O9/c29-21(12-7-15-3-1-5-19(13-15)27(33)34)37-22-17(4-2-6-20(22)28(35)36)14-24-25-23(30)16-8-10-18(11-9-16)26(31)32/h1-14H,(H,25,30)/b12-7+,24-14+. The zero-order valence-corrected chi connectivity index (χ0v) is 18.5. The normalized spacial score (nSPS) is 10.8. The lowest BCUT2D eigenvalue weighted by atomic mass is 10.2. The van der Waals surface area contributed by atoms with Gasteiger partial charge in [0.05, 0.1) is 21.0 Å². The summed E-state index contributed by atoms with van der Waals surface area (Å²) in [5, 5.41) is 36.8. The third-order valence-electron chi connectivity index (χ3n) is 4.63. The van der Waals surface area contributed by atoms with Crippen molar-refractivity contribution in [3.63, 3.8) is 0 Å². The maximum Gasteiger partial charge on any atom is 0.336 e. The Kier molecular flexibility index (Phi) is 8.07. The van der Waals surface area contributed by atoms with Crippen LogP contribution in [-0.4, -0.2) is 32.9 Å². The summed E-state index contributed by atoms with van der Waals surface area (Å²) >= 11 is 0. The van der Waals surface area contributed by atoms with E-state index in [1.807, 2.05) is 0 Å². The van der Waals surface area contributed by atoms with E-state index in [1.165, 1.54) is 54.6 Å². The molecule has 0 aliphatic rings. The van der Waals surface area contributed by atoms with Gasteiger partial charge in [-0.3, -0.25) is 35.1 Å². The Bertz CT molecular complexity index is 1450. The minimum atomic E-state index is -1.01. The number of nitro benzene ring substituents is 3. The third kappa shape index (κ3) is 6.86. The number of hydrogen-bond acceptors (Lipinski definition) is 10. The predicted octanol–water partition coefficient (Wildman–Crippen LogP) is 3.79. The number of benzene rings is 3. The van der Waals surface area contributed by atoms with Gasteiger partial charge in [0, 0.05) is 47.5 Å². The summed E-state index contributed by atoms with van der Waals surface area (Å²) in [4.78, 5) is 55.6. The van der Waals surface area contributed by atoms with E-state index in [4.69, 9.17) is 4.74 Å². The summed E-state index contributed by atoms with van der Waals surface area (Å²) in [5.74, 6) is -2.17. The van der Waals surface area contributed by atoms with Gasteiger partial charge in [-0.25, -0.2) is 10.2 Å². The van der Waals surface area contributed by atoms with Gasteiger partial charge in [-0.1, -0.05) is 18.2 Å². The first kappa shape index (κ1) is 25.8. The molecule has 1 N–H and O–H groups in total. The predicted molar refractivity (Wildman–Crippen MR) is 129 cm³/mol. The smallest absolute Gasteiger partial charge is 0.336 e. The van der Waals surface area contributed by atoms with Crippen LogP contribution in [0.25, 0.3) is 6.08 Å². The molecule has 0 atom stereocenters. The number of hydrogen-bond donors (Lipinski definition) is 1. The van der Waals surface area contributed by atoms with Crippen LogP contribution in [0.1, 0.15) is 21.5 Å². The van der Waals surface area contributed by atoms with Crippen LogP contribution in [0.3, 0.4) is 0 Å². The second-order valence-corrected chi connectivity index (χ2v) is 7.06. The van der Waals surface area contributed by atoms with Crippen LogP contribution in [0.2, 0.25) is 0 Å². The maximum atomic E-state index is 12.3. The Hall–Kier alpha value is -5.79. The average molecular weight is 505 g/mol. The molecule has 0 fully saturated rings. The van der Waals surface area contributed by atoms with Crippen molar-refractivity contribution in [3.05, 3.63) is 120 Å². The number of amides is 1. The first-order valence-electron chi connectivity index (χ1n) is 10.2.